The topological polar surface area (TPSA) is 67.9 Å². The summed E-state index contributed by atoms with van der Waals surface area (Å²) < 4.78 is 6.71. The first kappa shape index (κ1) is 14.5. The molecule has 0 aliphatic carbocycles. The minimum absolute atomic E-state index is 0.344. The van der Waals surface area contributed by atoms with Crippen molar-refractivity contribution in [2.45, 2.75) is 13.5 Å². The van der Waals surface area contributed by atoms with Crippen LogP contribution in [0.1, 0.15) is 23.6 Å². The normalized spacial score (nSPS) is 10.5. The molecule has 1 heterocycles. The summed E-state index contributed by atoms with van der Waals surface area (Å²) >= 11 is 0. The zero-order valence-electron chi connectivity index (χ0n) is 11.7. The van der Waals surface area contributed by atoms with Crippen LogP contribution in [0.15, 0.2) is 43.0 Å². The van der Waals surface area contributed by atoms with E-state index in [0.717, 1.165) is 11.1 Å². The van der Waals surface area contributed by atoms with E-state index in [1.165, 1.54) is 6.08 Å². The van der Waals surface area contributed by atoms with Gasteiger partial charge in [-0.05, 0) is 30.2 Å². The van der Waals surface area contributed by atoms with Crippen LogP contribution in [0.4, 0.5) is 0 Å². The molecule has 106 valence electrons. The van der Waals surface area contributed by atoms with Gasteiger partial charge >= 0.3 is 5.97 Å². The molecule has 0 aliphatic rings. The summed E-state index contributed by atoms with van der Waals surface area (Å²) in [6.45, 7) is 2.69. The first-order valence-corrected chi connectivity index (χ1v) is 6.56. The third-order valence-electron chi connectivity index (χ3n) is 2.86. The predicted octanol–water partition coefficient (Wildman–Crippen LogP) is 2.38. The van der Waals surface area contributed by atoms with Crippen molar-refractivity contribution in [2.75, 3.05) is 6.61 Å². The quantitative estimate of drug-likeness (QED) is 0.623. The van der Waals surface area contributed by atoms with Gasteiger partial charge in [-0.15, -0.1) is 0 Å². The Bertz CT molecular complexity index is 682. The van der Waals surface area contributed by atoms with Crippen molar-refractivity contribution < 1.29 is 9.53 Å². The van der Waals surface area contributed by atoms with Crippen molar-refractivity contribution in [3.8, 4) is 6.07 Å². The van der Waals surface area contributed by atoms with Crippen molar-refractivity contribution in [2.24, 2.45) is 0 Å². The predicted molar refractivity (Wildman–Crippen MR) is 78.2 cm³/mol. The molecule has 1 aromatic carbocycles. The van der Waals surface area contributed by atoms with Gasteiger partial charge in [0.05, 0.1) is 24.6 Å². The van der Waals surface area contributed by atoms with Gasteiger partial charge in [0, 0.05) is 25.0 Å². The van der Waals surface area contributed by atoms with Gasteiger partial charge in [0.15, 0.2) is 0 Å². The van der Waals surface area contributed by atoms with E-state index in [9.17, 15) is 10.1 Å². The van der Waals surface area contributed by atoms with Gasteiger partial charge < -0.3 is 9.30 Å². The van der Waals surface area contributed by atoms with Crippen LogP contribution in [0.5, 0.6) is 0 Å². The number of nitriles is 1. The van der Waals surface area contributed by atoms with Gasteiger partial charge in [-0.25, -0.2) is 9.78 Å². The molecule has 0 aliphatic heterocycles. The largest absolute Gasteiger partial charge is 0.463 e. The fraction of sp³-hybridized carbons (Fsp3) is 0.188. The Morgan fingerprint density at radius 3 is 3.05 bits per heavy atom. The summed E-state index contributed by atoms with van der Waals surface area (Å²) in [6.07, 6.45) is 8.24. The molecule has 0 amide bonds. The van der Waals surface area contributed by atoms with Gasteiger partial charge in [0.25, 0.3) is 0 Å². The van der Waals surface area contributed by atoms with Crippen molar-refractivity contribution >= 4 is 12.0 Å². The van der Waals surface area contributed by atoms with Crippen molar-refractivity contribution in [1.29, 1.82) is 5.26 Å². The van der Waals surface area contributed by atoms with Crippen molar-refractivity contribution in [3.05, 3.63) is 59.7 Å². The van der Waals surface area contributed by atoms with E-state index in [1.54, 1.807) is 31.6 Å². The number of carbonyl (C=O) groups excluding carboxylic acids is 1. The number of rotatable bonds is 5. The standard InChI is InChI=1S/C16H15N3O2/c1-2-21-16(20)6-4-13-3-5-14(15(9-13)10-17)11-19-8-7-18-12-19/h3-9,12H,2,11H2,1H3/b6-4+. The van der Waals surface area contributed by atoms with Crippen LogP contribution >= 0.6 is 0 Å². The maximum absolute atomic E-state index is 11.3. The Labute approximate surface area is 123 Å². The summed E-state index contributed by atoms with van der Waals surface area (Å²) in [5.41, 5.74) is 2.27. The minimum Gasteiger partial charge on any atom is -0.463 e. The molecule has 0 atom stereocenters. The molecule has 0 fully saturated rings. The maximum atomic E-state index is 11.3. The lowest BCUT2D eigenvalue weighted by atomic mass is 10.0. The highest BCUT2D eigenvalue weighted by molar-refractivity contribution is 5.87. The van der Waals surface area contributed by atoms with Crippen molar-refractivity contribution in [1.82, 2.24) is 9.55 Å². The second-order valence-electron chi connectivity index (χ2n) is 4.35. The number of hydrogen-bond acceptors (Lipinski definition) is 4. The van der Waals surface area contributed by atoms with Gasteiger partial charge in [0.1, 0.15) is 0 Å². The molecule has 0 unspecified atom stereocenters. The van der Waals surface area contributed by atoms with Gasteiger partial charge in [0.2, 0.25) is 0 Å². The number of hydrogen-bond donors (Lipinski definition) is 0. The molecule has 0 saturated carbocycles. The molecular formula is C16H15N3O2. The fourth-order valence-corrected chi connectivity index (χ4v) is 1.87. The van der Waals surface area contributed by atoms with Gasteiger partial charge in [-0.3, -0.25) is 0 Å². The zero-order valence-corrected chi connectivity index (χ0v) is 11.7. The number of esters is 1. The average molecular weight is 281 g/mol. The Morgan fingerprint density at radius 1 is 1.52 bits per heavy atom. The fourth-order valence-electron chi connectivity index (χ4n) is 1.87. The highest BCUT2D eigenvalue weighted by atomic mass is 16.5. The summed E-state index contributed by atoms with van der Waals surface area (Å²) in [5, 5.41) is 9.24. The molecule has 1 aromatic heterocycles. The van der Waals surface area contributed by atoms with Crippen LogP contribution in [-0.4, -0.2) is 22.1 Å². The second kappa shape index (κ2) is 7.06. The minimum atomic E-state index is -0.390. The summed E-state index contributed by atoms with van der Waals surface area (Å²) in [7, 11) is 0. The molecule has 0 saturated heterocycles. The lowest BCUT2D eigenvalue weighted by Gasteiger charge is -2.06. The maximum Gasteiger partial charge on any atom is 0.330 e. The second-order valence-corrected chi connectivity index (χ2v) is 4.35. The molecule has 5 nitrogen and oxygen atoms in total. The Kier molecular flexibility index (Phi) is 4.89. The first-order valence-electron chi connectivity index (χ1n) is 6.56. The van der Waals surface area contributed by atoms with Crippen LogP contribution in [-0.2, 0) is 16.1 Å². The molecular weight excluding hydrogens is 266 g/mol. The average Bonchev–Trinajstić information content (AvgIpc) is 2.99. The monoisotopic (exact) mass is 281 g/mol. The SMILES string of the molecule is CCOC(=O)/C=C/c1ccc(Cn2ccnc2)c(C#N)c1. The lowest BCUT2D eigenvalue weighted by molar-refractivity contribution is -0.137. The van der Waals surface area contributed by atoms with E-state index in [0.29, 0.717) is 18.7 Å². The number of aromatic nitrogens is 2. The number of benzene rings is 1. The lowest BCUT2D eigenvalue weighted by Crippen LogP contribution is -2.00. The summed E-state index contributed by atoms with van der Waals surface area (Å²) in [4.78, 5) is 15.2. The Morgan fingerprint density at radius 2 is 2.38 bits per heavy atom. The van der Waals surface area contributed by atoms with E-state index < -0.39 is 5.97 Å². The Hall–Kier alpha value is -2.87. The number of carbonyl (C=O) groups is 1. The van der Waals surface area contributed by atoms with E-state index in [2.05, 4.69) is 11.1 Å². The third-order valence-corrected chi connectivity index (χ3v) is 2.86. The summed E-state index contributed by atoms with van der Waals surface area (Å²) in [6, 6.07) is 7.67. The van der Waals surface area contributed by atoms with E-state index >= 15 is 0 Å². The number of nitrogens with zero attached hydrogens (tertiary/aromatic N) is 3. The first-order chi connectivity index (χ1) is 10.2. The summed E-state index contributed by atoms with van der Waals surface area (Å²) in [5.74, 6) is -0.390. The van der Waals surface area contributed by atoms with Crippen molar-refractivity contribution in [3.63, 3.8) is 0 Å². The molecule has 21 heavy (non-hydrogen) atoms. The van der Waals surface area contributed by atoms with Crippen LogP contribution in [0, 0.1) is 11.3 Å². The molecule has 0 bridgehead atoms. The van der Waals surface area contributed by atoms with Gasteiger partial charge in [-0.1, -0.05) is 12.1 Å². The van der Waals surface area contributed by atoms with Crippen LogP contribution in [0.2, 0.25) is 0 Å². The van der Waals surface area contributed by atoms with Crippen LogP contribution < -0.4 is 0 Å². The molecule has 2 rings (SSSR count). The zero-order chi connectivity index (χ0) is 15.1. The molecule has 5 heteroatoms. The number of imidazole rings is 1. The van der Waals surface area contributed by atoms with Gasteiger partial charge in [-0.2, -0.15) is 5.26 Å². The van der Waals surface area contributed by atoms with Crippen LogP contribution in [0.3, 0.4) is 0 Å². The molecule has 0 radical (unpaired) electrons. The smallest absolute Gasteiger partial charge is 0.330 e. The molecule has 0 N–H and O–H groups in total. The van der Waals surface area contributed by atoms with Crippen LogP contribution in [0.25, 0.3) is 6.08 Å². The third kappa shape index (κ3) is 4.05. The Balaban J connectivity index is 2.16. The van der Waals surface area contributed by atoms with E-state index in [-0.39, 0.29) is 0 Å². The van der Waals surface area contributed by atoms with E-state index in [1.807, 2.05) is 22.9 Å². The number of ether oxygens (including phenoxy) is 1. The highest BCUT2D eigenvalue weighted by Gasteiger charge is 2.04. The highest BCUT2D eigenvalue weighted by Crippen LogP contribution is 2.14. The molecule has 0 spiro atoms. The van der Waals surface area contributed by atoms with E-state index in [4.69, 9.17) is 4.74 Å². The molecule has 2 aromatic rings.